The lowest BCUT2D eigenvalue weighted by Gasteiger charge is -2.21. The summed E-state index contributed by atoms with van der Waals surface area (Å²) in [6, 6.07) is 14.9. The number of carbonyl (C=O) groups excluding carboxylic acids is 1. The number of nitrogens with zero attached hydrogens (tertiary/aromatic N) is 1. The van der Waals surface area contributed by atoms with Crippen LogP contribution in [0.3, 0.4) is 0 Å². The minimum Gasteiger partial charge on any atom is -0.351 e. The van der Waals surface area contributed by atoms with Crippen molar-refractivity contribution in [1.29, 1.82) is 0 Å². The minimum atomic E-state index is -0.480. The monoisotopic (exact) mass is 240 g/mol. The molecule has 0 atom stereocenters. The van der Waals surface area contributed by atoms with Crippen molar-refractivity contribution in [3.8, 4) is 0 Å². The summed E-state index contributed by atoms with van der Waals surface area (Å²) < 4.78 is 0. The van der Waals surface area contributed by atoms with Crippen molar-refractivity contribution in [1.82, 2.24) is 0 Å². The first kappa shape index (κ1) is 12.2. The maximum absolute atomic E-state index is 11.7. The van der Waals surface area contributed by atoms with Crippen molar-refractivity contribution in [3.05, 3.63) is 59.7 Å². The van der Waals surface area contributed by atoms with Crippen LogP contribution in [0, 0.1) is 13.8 Å². The Morgan fingerprint density at radius 3 is 1.72 bits per heavy atom. The second-order valence-electron chi connectivity index (χ2n) is 4.35. The third-order valence-corrected chi connectivity index (χ3v) is 2.74. The lowest BCUT2D eigenvalue weighted by Crippen LogP contribution is -2.31. The molecule has 0 unspecified atom stereocenters. The number of hydrogen-bond donors (Lipinski definition) is 1. The van der Waals surface area contributed by atoms with Gasteiger partial charge in [-0.3, -0.25) is 4.90 Å². The highest BCUT2D eigenvalue weighted by Crippen LogP contribution is 2.26. The maximum Gasteiger partial charge on any atom is 0.323 e. The summed E-state index contributed by atoms with van der Waals surface area (Å²) in [7, 11) is 0. The first-order valence-corrected chi connectivity index (χ1v) is 5.81. The van der Waals surface area contributed by atoms with E-state index in [1.807, 2.05) is 62.4 Å². The summed E-state index contributed by atoms with van der Waals surface area (Å²) in [5.74, 6) is 0. The van der Waals surface area contributed by atoms with Crippen molar-refractivity contribution < 1.29 is 4.79 Å². The van der Waals surface area contributed by atoms with Gasteiger partial charge in [0.25, 0.3) is 0 Å². The van der Waals surface area contributed by atoms with Crippen LogP contribution in [0.5, 0.6) is 0 Å². The second kappa shape index (κ2) is 4.92. The molecule has 0 fully saturated rings. The average Bonchev–Trinajstić information content (AvgIpc) is 2.28. The summed E-state index contributed by atoms with van der Waals surface area (Å²) in [4.78, 5) is 13.2. The van der Waals surface area contributed by atoms with Crippen molar-refractivity contribution in [2.75, 3.05) is 4.90 Å². The number of benzene rings is 2. The number of nitrogens with two attached hydrogens (primary N) is 1. The molecule has 0 heterocycles. The molecule has 0 saturated heterocycles. The summed E-state index contributed by atoms with van der Waals surface area (Å²) in [6.07, 6.45) is 0. The Labute approximate surface area is 107 Å². The van der Waals surface area contributed by atoms with Gasteiger partial charge in [0, 0.05) is 0 Å². The van der Waals surface area contributed by atoms with E-state index in [1.165, 1.54) is 4.90 Å². The van der Waals surface area contributed by atoms with E-state index in [0.29, 0.717) is 0 Å². The van der Waals surface area contributed by atoms with Crippen LogP contribution in [-0.4, -0.2) is 6.03 Å². The van der Waals surface area contributed by atoms with Crippen LogP contribution >= 0.6 is 0 Å². The molecule has 2 N–H and O–H groups in total. The second-order valence-corrected chi connectivity index (χ2v) is 4.35. The fourth-order valence-corrected chi connectivity index (χ4v) is 1.94. The predicted molar refractivity (Wildman–Crippen MR) is 74.1 cm³/mol. The van der Waals surface area contributed by atoms with E-state index < -0.39 is 6.03 Å². The Morgan fingerprint density at radius 1 is 0.944 bits per heavy atom. The Bertz CT molecular complexity index is 533. The molecule has 0 radical (unpaired) electrons. The number of carbonyl (C=O) groups is 1. The first-order chi connectivity index (χ1) is 8.58. The number of anilines is 2. The topological polar surface area (TPSA) is 46.3 Å². The van der Waals surface area contributed by atoms with Crippen LogP contribution in [0.1, 0.15) is 11.1 Å². The van der Waals surface area contributed by atoms with Gasteiger partial charge in [0.15, 0.2) is 0 Å². The van der Waals surface area contributed by atoms with Gasteiger partial charge in [-0.25, -0.2) is 4.79 Å². The summed E-state index contributed by atoms with van der Waals surface area (Å²) in [5, 5.41) is 0. The van der Waals surface area contributed by atoms with Gasteiger partial charge in [-0.15, -0.1) is 0 Å². The van der Waals surface area contributed by atoms with Crippen molar-refractivity contribution in [3.63, 3.8) is 0 Å². The summed E-state index contributed by atoms with van der Waals surface area (Å²) >= 11 is 0. The number of hydrogen-bond acceptors (Lipinski definition) is 1. The van der Waals surface area contributed by atoms with Crippen LogP contribution < -0.4 is 10.6 Å². The highest BCUT2D eigenvalue weighted by Gasteiger charge is 2.14. The fourth-order valence-electron chi connectivity index (χ4n) is 1.94. The van der Waals surface area contributed by atoms with Crippen molar-refractivity contribution in [2.45, 2.75) is 13.8 Å². The number of urea groups is 1. The molecule has 18 heavy (non-hydrogen) atoms. The van der Waals surface area contributed by atoms with E-state index in [9.17, 15) is 4.79 Å². The van der Waals surface area contributed by atoms with Gasteiger partial charge >= 0.3 is 6.03 Å². The molecule has 2 rings (SSSR count). The van der Waals surface area contributed by atoms with E-state index in [4.69, 9.17) is 5.73 Å². The zero-order chi connectivity index (χ0) is 13.1. The quantitative estimate of drug-likeness (QED) is 0.857. The van der Waals surface area contributed by atoms with E-state index in [-0.39, 0.29) is 0 Å². The van der Waals surface area contributed by atoms with Gasteiger partial charge in [-0.05, 0) is 49.2 Å². The molecule has 3 nitrogen and oxygen atoms in total. The van der Waals surface area contributed by atoms with Gasteiger partial charge in [-0.1, -0.05) is 24.3 Å². The molecule has 0 saturated carbocycles. The lowest BCUT2D eigenvalue weighted by molar-refractivity contribution is 0.256. The molecule has 0 bridgehead atoms. The number of rotatable bonds is 2. The normalized spacial score (nSPS) is 10.1. The van der Waals surface area contributed by atoms with E-state index in [0.717, 1.165) is 22.5 Å². The molecular formula is C15H16N2O. The Balaban J connectivity index is 2.50. The summed E-state index contributed by atoms with van der Waals surface area (Å²) in [6.45, 7) is 3.97. The lowest BCUT2D eigenvalue weighted by atomic mass is 10.1. The number of aryl methyl sites for hydroxylation is 2. The van der Waals surface area contributed by atoms with Crippen molar-refractivity contribution in [2.24, 2.45) is 5.73 Å². The third kappa shape index (κ3) is 2.51. The van der Waals surface area contributed by atoms with E-state index in [2.05, 4.69) is 0 Å². The summed E-state index contributed by atoms with van der Waals surface area (Å²) in [5.41, 5.74) is 9.24. The molecular weight excluding hydrogens is 224 g/mol. The van der Waals surface area contributed by atoms with Crippen LogP contribution in [0.4, 0.5) is 16.2 Å². The third-order valence-electron chi connectivity index (χ3n) is 2.74. The van der Waals surface area contributed by atoms with Gasteiger partial charge in [-0.2, -0.15) is 0 Å². The maximum atomic E-state index is 11.7. The zero-order valence-corrected chi connectivity index (χ0v) is 10.6. The number of primary amides is 1. The molecule has 0 aliphatic rings. The van der Waals surface area contributed by atoms with Gasteiger partial charge in [0.1, 0.15) is 0 Å². The Kier molecular flexibility index (Phi) is 3.33. The largest absolute Gasteiger partial charge is 0.351 e. The Hall–Kier alpha value is -2.29. The molecule has 0 aromatic heterocycles. The molecule has 3 heteroatoms. The molecule has 0 aliphatic carbocycles. The molecule has 0 spiro atoms. The molecule has 2 aromatic rings. The van der Waals surface area contributed by atoms with Crippen molar-refractivity contribution >= 4 is 17.4 Å². The first-order valence-electron chi connectivity index (χ1n) is 5.81. The molecule has 0 aliphatic heterocycles. The number of amides is 2. The highest BCUT2D eigenvalue weighted by molar-refractivity contribution is 5.98. The Morgan fingerprint density at radius 2 is 1.39 bits per heavy atom. The minimum absolute atomic E-state index is 0.480. The molecule has 2 aromatic carbocycles. The standard InChI is InChI=1S/C15H16N2O/c1-11-5-3-7-13(9-11)17(15(16)18)14-8-4-6-12(2)10-14/h3-10H,1-2H3,(H2,16,18). The zero-order valence-electron chi connectivity index (χ0n) is 10.6. The predicted octanol–water partition coefficient (Wildman–Crippen LogP) is 3.52. The molecule has 92 valence electrons. The van der Waals surface area contributed by atoms with Crippen LogP contribution in [0.15, 0.2) is 48.5 Å². The molecule has 2 amide bonds. The van der Waals surface area contributed by atoms with Crippen LogP contribution in [0.25, 0.3) is 0 Å². The van der Waals surface area contributed by atoms with Crippen LogP contribution in [0.2, 0.25) is 0 Å². The fraction of sp³-hybridized carbons (Fsp3) is 0.133. The van der Waals surface area contributed by atoms with Crippen LogP contribution in [-0.2, 0) is 0 Å². The van der Waals surface area contributed by atoms with Gasteiger partial charge < -0.3 is 5.73 Å². The van der Waals surface area contributed by atoms with E-state index >= 15 is 0 Å². The smallest absolute Gasteiger partial charge is 0.323 e. The average molecular weight is 240 g/mol. The van der Waals surface area contributed by atoms with Gasteiger partial charge in [0.2, 0.25) is 0 Å². The SMILES string of the molecule is Cc1cccc(N(C(N)=O)c2cccc(C)c2)c1. The van der Waals surface area contributed by atoms with E-state index in [1.54, 1.807) is 0 Å². The van der Waals surface area contributed by atoms with Gasteiger partial charge in [0.05, 0.1) is 11.4 Å². The highest BCUT2D eigenvalue weighted by atomic mass is 16.2.